The van der Waals surface area contributed by atoms with Crippen molar-refractivity contribution in [3.8, 4) is 5.75 Å². The summed E-state index contributed by atoms with van der Waals surface area (Å²) < 4.78 is 10.6. The van der Waals surface area contributed by atoms with Crippen LogP contribution in [0.3, 0.4) is 0 Å². The van der Waals surface area contributed by atoms with Crippen LogP contribution in [0.1, 0.15) is 25.8 Å². The largest absolute Gasteiger partial charge is 0.482 e. The fraction of sp³-hybridized carbons (Fsp3) is 0.348. The van der Waals surface area contributed by atoms with Gasteiger partial charge >= 0.3 is 5.97 Å². The van der Waals surface area contributed by atoms with Gasteiger partial charge in [-0.1, -0.05) is 42.5 Å². The Labute approximate surface area is 176 Å². The molecule has 0 atom stereocenters. The molecule has 0 fully saturated rings. The second-order valence-corrected chi connectivity index (χ2v) is 7.31. The number of carbonyl (C=O) groups is 3. The van der Waals surface area contributed by atoms with Crippen molar-refractivity contribution < 1.29 is 23.9 Å². The van der Waals surface area contributed by atoms with Gasteiger partial charge in [-0.05, 0) is 31.5 Å². The standard InChI is InChI=1S/C23H26N2O5/c1-17(2)25(14-18-8-4-3-5-9-18)22(27)16-30-23(28)12-13-24-19-10-6-7-11-20(19)29-15-21(24)26/h3-11,17H,12-16H2,1-2H3. The van der Waals surface area contributed by atoms with E-state index in [2.05, 4.69) is 0 Å². The summed E-state index contributed by atoms with van der Waals surface area (Å²) in [4.78, 5) is 40.1. The van der Waals surface area contributed by atoms with Crippen molar-refractivity contribution in [1.29, 1.82) is 0 Å². The third-order valence-electron chi connectivity index (χ3n) is 4.84. The number of nitrogens with zero attached hydrogens (tertiary/aromatic N) is 2. The van der Waals surface area contributed by atoms with E-state index in [1.54, 1.807) is 23.1 Å². The molecule has 30 heavy (non-hydrogen) atoms. The number of esters is 1. The van der Waals surface area contributed by atoms with Crippen molar-refractivity contribution in [2.24, 2.45) is 0 Å². The van der Waals surface area contributed by atoms with E-state index >= 15 is 0 Å². The lowest BCUT2D eigenvalue weighted by atomic mass is 10.2. The molecule has 2 aromatic rings. The van der Waals surface area contributed by atoms with Crippen LogP contribution in [0.15, 0.2) is 54.6 Å². The molecule has 0 saturated heterocycles. The maximum absolute atomic E-state index is 12.6. The van der Waals surface area contributed by atoms with Crippen LogP contribution in [0.5, 0.6) is 5.75 Å². The smallest absolute Gasteiger partial charge is 0.308 e. The first-order valence-corrected chi connectivity index (χ1v) is 9.97. The molecule has 7 heteroatoms. The number of carbonyl (C=O) groups excluding carboxylic acids is 3. The number of para-hydroxylation sites is 2. The van der Waals surface area contributed by atoms with Crippen LogP contribution in [0, 0.1) is 0 Å². The number of benzene rings is 2. The molecule has 158 valence electrons. The highest BCUT2D eigenvalue weighted by Crippen LogP contribution is 2.31. The van der Waals surface area contributed by atoms with E-state index in [0.717, 1.165) is 5.56 Å². The van der Waals surface area contributed by atoms with Gasteiger partial charge in [-0.2, -0.15) is 0 Å². The summed E-state index contributed by atoms with van der Waals surface area (Å²) >= 11 is 0. The number of anilines is 1. The Morgan fingerprint density at radius 3 is 2.53 bits per heavy atom. The molecule has 0 aromatic heterocycles. The van der Waals surface area contributed by atoms with Crippen LogP contribution in [0.4, 0.5) is 5.69 Å². The lowest BCUT2D eigenvalue weighted by molar-refractivity contribution is -0.153. The Balaban J connectivity index is 1.51. The van der Waals surface area contributed by atoms with E-state index < -0.39 is 5.97 Å². The molecule has 0 aliphatic carbocycles. The van der Waals surface area contributed by atoms with Gasteiger partial charge in [0.05, 0.1) is 12.1 Å². The molecule has 2 aromatic carbocycles. The monoisotopic (exact) mass is 410 g/mol. The zero-order valence-corrected chi connectivity index (χ0v) is 17.2. The molecule has 7 nitrogen and oxygen atoms in total. The van der Waals surface area contributed by atoms with Crippen molar-refractivity contribution in [2.45, 2.75) is 32.9 Å². The molecule has 1 heterocycles. The minimum Gasteiger partial charge on any atom is -0.482 e. The Morgan fingerprint density at radius 1 is 1.10 bits per heavy atom. The van der Waals surface area contributed by atoms with Crippen molar-refractivity contribution in [3.05, 3.63) is 60.2 Å². The topological polar surface area (TPSA) is 76.2 Å². The highest BCUT2D eigenvalue weighted by atomic mass is 16.5. The first-order chi connectivity index (χ1) is 14.5. The molecule has 0 spiro atoms. The number of amides is 2. The van der Waals surface area contributed by atoms with E-state index in [1.165, 1.54) is 4.90 Å². The second-order valence-electron chi connectivity index (χ2n) is 7.31. The highest BCUT2D eigenvalue weighted by Gasteiger charge is 2.26. The Bertz CT molecular complexity index is 897. The fourth-order valence-corrected chi connectivity index (χ4v) is 3.24. The second kappa shape index (κ2) is 9.91. The Hall–Kier alpha value is -3.35. The summed E-state index contributed by atoms with van der Waals surface area (Å²) in [5, 5.41) is 0. The predicted octanol–water partition coefficient (Wildman–Crippen LogP) is 2.78. The van der Waals surface area contributed by atoms with Crippen LogP contribution < -0.4 is 9.64 Å². The Kier molecular flexibility index (Phi) is 7.06. The minimum absolute atomic E-state index is 0.00623. The van der Waals surface area contributed by atoms with Crippen molar-refractivity contribution in [1.82, 2.24) is 4.90 Å². The third-order valence-corrected chi connectivity index (χ3v) is 4.84. The van der Waals surface area contributed by atoms with Crippen LogP contribution >= 0.6 is 0 Å². The number of ether oxygens (including phenoxy) is 2. The lowest BCUT2D eigenvalue weighted by Crippen LogP contribution is -2.41. The predicted molar refractivity (Wildman–Crippen MR) is 112 cm³/mol. The fourth-order valence-electron chi connectivity index (χ4n) is 3.24. The molecule has 1 aliphatic rings. The van der Waals surface area contributed by atoms with Gasteiger partial charge < -0.3 is 19.3 Å². The van der Waals surface area contributed by atoms with Gasteiger partial charge in [-0.15, -0.1) is 0 Å². The SMILES string of the molecule is CC(C)N(Cc1ccccc1)C(=O)COC(=O)CCN1C(=O)COc2ccccc21. The number of hydrogen-bond acceptors (Lipinski definition) is 5. The summed E-state index contributed by atoms with van der Waals surface area (Å²) in [6, 6.07) is 16.8. The first-order valence-electron chi connectivity index (χ1n) is 9.97. The molecule has 0 radical (unpaired) electrons. The maximum atomic E-state index is 12.6. The van der Waals surface area contributed by atoms with E-state index in [4.69, 9.17) is 9.47 Å². The summed E-state index contributed by atoms with van der Waals surface area (Å²) in [7, 11) is 0. The van der Waals surface area contributed by atoms with Crippen LogP contribution in [-0.2, 0) is 25.7 Å². The quantitative estimate of drug-likeness (QED) is 0.626. The molecule has 0 N–H and O–H groups in total. The number of rotatable bonds is 8. The normalized spacial score (nSPS) is 12.9. The average Bonchev–Trinajstić information content (AvgIpc) is 2.75. The van der Waals surface area contributed by atoms with Crippen molar-refractivity contribution in [2.75, 3.05) is 24.7 Å². The molecule has 0 saturated carbocycles. The van der Waals surface area contributed by atoms with Gasteiger partial charge in [0.2, 0.25) is 0 Å². The highest BCUT2D eigenvalue weighted by molar-refractivity contribution is 5.98. The van der Waals surface area contributed by atoms with Gasteiger partial charge in [0.1, 0.15) is 5.75 Å². The molecule has 3 rings (SSSR count). The zero-order chi connectivity index (χ0) is 21.5. The van der Waals surface area contributed by atoms with Gasteiger partial charge in [0.15, 0.2) is 13.2 Å². The van der Waals surface area contributed by atoms with Crippen LogP contribution in [-0.4, -0.2) is 48.5 Å². The molecular formula is C23H26N2O5. The van der Waals surface area contributed by atoms with Crippen LogP contribution in [0.2, 0.25) is 0 Å². The molecule has 1 aliphatic heterocycles. The molecular weight excluding hydrogens is 384 g/mol. The summed E-state index contributed by atoms with van der Waals surface area (Å²) in [6.45, 7) is 4.08. The molecule has 0 unspecified atom stereocenters. The van der Waals surface area contributed by atoms with Gasteiger partial charge in [-0.3, -0.25) is 14.4 Å². The molecule has 2 amide bonds. The lowest BCUT2D eigenvalue weighted by Gasteiger charge is -2.29. The summed E-state index contributed by atoms with van der Waals surface area (Å²) in [5.41, 5.74) is 1.64. The number of hydrogen-bond donors (Lipinski definition) is 0. The van der Waals surface area contributed by atoms with Gasteiger partial charge in [0.25, 0.3) is 11.8 Å². The van der Waals surface area contributed by atoms with Crippen molar-refractivity contribution in [3.63, 3.8) is 0 Å². The first kappa shape index (κ1) is 21.4. The third kappa shape index (κ3) is 5.37. The minimum atomic E-state index is -0.524. The van der Waals surface area contributed by atoms with Gasteiger partial charge in [0, 0.05) is 19.1 Å². The Morgan fingerprint density at radius 2 is 1.80 bits per heavy atom. The summed E-state index contributed by atoms with van der Waals surface area (Å²) in [6.07, 6.45) is -0.00623. The van der Waals surface area contributed by atoms with Crippen molar-refractivity contribution >= 4 is 23.5 Å². The summed E-state index contributed by atoms with van der Waals surface area (Å²) in [5.74, 6) is -0.390. The average molecular weight is 410 g/mol. The van der Waals surface area contributed by atoms with E-state index in [1.807, 2.05) is 50.2 Å². The zero-order valence-electron chi connectivity index (χ0n) is 17.2. The van der Waals surface area contributed by atoms with Gasteiger partial charge in [-0.25, -0.2) is 0 Å². The van der Waals surface area contributed by atoms with E-state index in [-0.39, 0.29) is 44.0 Å². The van der Waals surface area contributed by atoms with E-state index in [0.29, 0.717) is 18.0 Å². The molecule has 0 bridgehead atoms. The van der Waals surface area contributed by atoms with E-state index in [9.17, 15) is 14.4 Å². The number of fused-ring (bicyclic) bond motifs is 1. The maximum Gasteiger partial charge on any atom is 0.308 e. The van der Waals surface area contributed by atoms with Crippen LogP contribution in [0.25, 0.3) is 0 Å².